The molecule has 0 bridgehead atoms. The van der Waals surface area contributed by atoms with Crippen molar-refractivity contribution in [1.82, 2.24) is 0 Å². The van der Waals surface area contributed by atoms with Gasteiger partial charge < -0.3 is 5.73 Å². The first-order valence-corrected chi connectivity index (χ1v) is 5.36. The molecule has 0 saturated carbocycles. The first-order chi connectivity index (χ1) is 6.22. The second kappa shape index (κ2) is 3.04. The van der Waals surface area contributed by atoms with E-state index in [0.717, 1.165) is 12.1 Å². The summed E-state index contributed by atoms with van der Waals surface area (Å²) in [4.78, 5) is 0. The topological polar surface area (TPSA) is 26.0 Å². The van der Waals surface area contributed by atoms with Gasteiger partial charge >= 0.3 is 0 Å². The van der Waals surface area contributed by atoms with E-state index >= 15 is 0 Å². The SMILES string of the molecule is CCc1cc(N)c2scc(C)c2c1. The van der Waals surface area contributed by atoms with Crippen LogP contribution in [-0.4, -0.2) is 0 Å². The fraction of sp³-hybridized carbons (Fsp3) is 0.273. The standard InChI is InChI=1S/C11H13NS/c1-3-8-4-9-7(2)6-13-11(9)10(12)5-8/h4-6H,3,12H2,1-2H3. The molecule has 2 heteroatoms. The lowest BCUT2D eigenvalue weighted by atomic mass is 10.1. The first-order valence-electron chi connectivity index (χ1n) is 4.48. The number of fused-ring (bicyclic) bond motifs is 1. The average molecular weight is 191 g/mol. The van der Waals surface area contributed by atoms with Gasteiger partial charge in [0.25, 0.3) is 0 Å². The van der Waals surface area contributed by atoms with Crippen molar-refractivity contribution < 1.29 is 0 Å². The van der Waals surface area contributed by atoms with E-state index in [1.807, 2.05) is 0 Å². The van der Waals surface area contributed by atoms with Crippen LogP contribution in [0.25, 0.3) is 10.1 Å². The highest BCUT2D eigenvalue weighted by Crippen LogP contribution is 2.31. The Morgan fingerprint density at radius 1 is 1.38 bits per heavy atom. The molecule has 0 aliphatic carbocycles. The van der Waals surface area contributed by atoms with Gasteiger partial charge in [0.1, 0.15) is 0 Å². The zero-order valence-electron chi connectivity index (χ0n) is 7.92. The van der Waals surface area contributed by atoms with Crippen LogP contribution >= 0.6 is 11.3 Å². The van der Waals surface area contributed by atoms with E-state index in [-0.39, 0.29) is 0 Å². The van der Waals surface area contributed by atoms with E-state index in [4.69, 9.17) is 5.73 Å². The molecule has 68 valence electrons. The molecule has 0 spiro atoms. The summed E-state index contributed by atoms with van der Waals surface area (Å²) < 4.78 is 1.23. The van der Waals surface area contributed by atoms with Crippen molar-refractivity contribution in [3.63, 3.8) is 0 Å². The minimum atomic E-state index is 0.924. The molecule has 0 aliphatic rings. The third-order valence-electron chi connectivity index (χ3n) is 2.36. The summed E-state index contributed by atoms with van der Waals surface area (Å²) in [6.45, 7) is 4.29. The van der Waals surface area contributed by atoms with Crippen LogP contribution < -0.4 is 5.73 Å². The molecule has 13 heavy (non-hydrogen) atoms. The van der Waals surface area contributed by atoms with Gasteiger partial charge in [0.2, 0.25) is 0 Å². The number of thiophene rings is 1. The number of nitrogen functional groups attached to an aromatic ring is 1. The van der Waals surface area contributed by atoms with E-state index < -0.39 is 0 Å². The van der Waals surface area contributed by atoms with Crippen molar-refractivity contribution in [3.8, 4) is 0 Å². The highest BCUT2D eigenvalue weighted by molar-refractivity contribution is 7.18. The highest BCUT2D eigenvalue weighted by Gasteiger charge is 2.04. The molecule has 0 fully saturated rings. The third kappa shape index (κ3) is 1.31. The van der Waals surface area contributed by atoms with Gasteiger partial charge in [0.05, 0.1) is 4.70 Å². The zero-order chi connectivity index (χ0) is 9.42. The second-order valence-electron chi connectivity index (χ2n) is 3.33. The highest BCUT2D eigenvalue weighted by atomic mass is 32.1. The summed E-state index contributed by atoms with van der Waals surface area (Å²) in [5.74, 6) is 0. The van der Waals surface area contributed by atoms with Crippen LogP contribution in [0.1, 0.15) is 18.1 Å². The smallest absolute Gasteiger partial charge is 0.0575 e. The zero-order valence-corrected chi connectivity index (χ0v) is 8.74. The quantitative estimate of drug-likeness (QED) is 0.687. The summed E-state index contributed by atoms with van der Waals surface area (Å²) in [6.07, 6.45) is 1.05. The summed E-state index contributed by atoms with van der Waals surface area (Å²) in [7, 11) is 0. The number of hydrogen-bond donors (Lipinski definition) is 1. The summed E-state index contributed by atoms with van der Waals surface area (Å²) in [5.41, 5.74) is 9.54. The monoisotopic (exact) mass is 191 g/mol. The van der Waals surface area contributed by atoms with Gasteiger partial charge in [-0.1, -0.05) is 6.92 Å². The largest absolute Gasteiger partial charge is 0.398 e. The Bertz CT molecular complexity index is 443. The minimum absolute atomic E-state index is 0.924. The Kier molecular flexibility index (Phi) is 2.00. The molecule has 2 N–H and O–H groups in total. The molecule has 1 aromatic heterocycles. The van der Waals surface area contributed by atoms with Crippen molar-refractivity contribution >= 4 is 27.1 Å². The van der Waals surface area contributed by atoms with E-state index in [0.29, 0.717) is 0 Å². The first kappa shape index (κ1) is 8.57. The second-order valence-corrected chi connectivity index (χ2v) is 4.21. The number of anilines is 1. The molecule has 1 aromatic carbocycles. The Balaban J connectivity index is 2.80. The Labute approximate surface area is 82.2 Å². The van der Waals surface area contributed by atoms with Crippen LogP contribution in [0.4, 0.5) is 5.69 Å². The molecule has 0 saturated heterocycles. The van der Waals surface area contributed by atoms with Crippen LogP contribution in [-0.2, 0) is 6.42 Å². The molecule has 0 amide bonds. The maximum atomic E-state index is 5.96. The van der Waals surface area contributed by atoms with Crippen LogP contribution in [0.5, 0.6) is 0 Å². The van der Waals surface area contributed by atoms with E-state index in [9.17, 15) is 0 Å². The van der Waals surface area contributed by atoms with Gasteiger partial charge in [-0.3, -0.25) is 0 Å². The maximum absolute atomic E-state index is 5.96. The Morgan fingerprint density at radius 3 is 2.85 bits per heavy atom. The third-order valence-corrected chi connectivity index (χ3v) is 3.53. The lowest BCUT2D eigenvalue weighted by molar-refractivity contribution is 1.15. The van der Waals surface area contributed by atoms with Crippen LogP contribution in [0, 0.1) is 6.92 Å². The molecule has 2 rings (SSSR count). The van der Waals surface area contributed by atoms with Crippen molar-refractivity contribution in [3.05, 3.63) is 28.6 Å². The fourth-order valence-electron chi connectivity index (χ4n) is 1.55. The summed E-state index contributed by atoms with van der Waals surface area (Å²) in [6, 6.07) is 4.33. The van der Waals surface area contributed by atoms with Crippen LogP contribution in [0.2, 0.25) is 0 Å². The van der Waals surface area contributed by atoms with Gasteiger partial charge in [-0.25, -0.2) is 0 Å². The van der Waals surface area contributed by atoms with Crippen molar-refractivity contribution in [2.24, 2.45) is 0 Å². The maximum Gasteiger partial charge on any atom is 0.0575 e. The van der Waals surface area contributed by atoms with Crippen LogP contribution in [0.3, 0.4) is 0 Å². The molecule has 0 radical (unpaired) electrons. The lowest BCUT2D eigenvalue weighted by Crippen LogP contribution is -1.88. The molecule has 2 aromatic rings. The Morgan fingerprint density at radius 2 is 2.15 bits per heavy atom. The van der Waals surface area contributed by atoms with Gasteiger partial charge in [0, 0.05) is 5.69 Å². The Hall–Kier alpha value is -1.02. The van der Waals surface area contributed by atoms with Crippen LogP contribution in [0.15, 0.2) is 17.5 Å². The number of aryl methyl sites for hydroxylation is 2. The molecule has 0 aliphatic heterocycles. The minimum Gasteiger partial charge on any atom is -0.398 e. The summed E-state index contributed by atoms with van der Waals surface area (Å²) >= 11 is 1.73. The predicted octanol–water partition coefficient (Wildman–Crippen LogP) is 3.35. The van der Waals surface area contributed by atoms with E-state index in [1.54, 1.807) is 11.3 Å². The normalized spacial score (nSPS) is 10.9. The van der Waals surface area contributed by atoms with Gasteiger partial charge in [0.15, 0.2) is 0 Å². The van der Waals surface area contributed by atoms with Crippen molar-refractivity contribution in [1.29, 1.82) is 0 Å². The van der Waals surface area contributed by atoms with Gasteiger partial charge in [-0.15, -0.1) is 11.3 Å². The fourth-order valence-corrected chi connectivity index (χ4v) is 2.52. The number of rotatable bonds is 1. The lowest BCUT2D eigenvalue weighted by Gasteiger charge is -2.01. The number of benzene rings is 1. The predicted molar refractivity (Wildman–Crippen MR) is 60.4 cm³/mol. The van der Waals surface area contributed by atoms with Gasteiger partial charge in [-0.2, -0.15) is 0 Å². The molecular weight excluding hydrogens is 178 g/mol. The molecule has 0 atom stereocenters. The van der Waals surface area contributed by atoms with E-state index in [1.165, 1.54) is 21.2 Å². The molecular formula is C11H13NS. The van der Waals surface area contributed by atoms with E-state index in [2.05, 4.69) is 31.4 Å². The molecule has 1 nitrogen and oxygen atoms in total. The molecule has 1 heterocycles. The van der Waals surface area contributed by atoms with Crippen molar-refractivity contribution in [2.45, 2.75) is 20.3 Å². The summed E-state index contributed by atoms with van der Waals surface area (Å²) in [5, 5.41) is 3.49. The molecule has 0 unspecified atom stereocenters. The van der Waals surface area contributed by atoms with Gasteiger partial charge in [-0.05, 0) is 47.4 Å². The van der Waals surface area contributed by atoms with Crippen molar-refractivity contribution in [2.75, 3.05) is 5.73 Å². The average Bonchev–Trinajstić information content (AvgIpc) is 2.48. The number of hydrogen-bond acceptors (Lipinski definition) is 2. The number of nitrogens with two attached hydrogens (primary N) is 1.